The molecule has 0 saturated heterocycles. The van der Waals surface area contributed by atoms with E-state index < -0.39 is 0 Å². The first-order valence-corrected chi connectivity index (χ1v) is 7.30. The van der Waals surface area contributed by atoms with Gasteiger partial charge in [-0.1, -0.05) is 23.4 Å². The van der Waals surface area contributed by atoms with Crippen molar-refractivity contribution in [2.24, 2.45) is 5.73 Å². The van der Waals surface area contributed by atoms with Gasteiger partial charge in [0.1, 0.15) is 0 Å². The average Bonchev–Trinajstić information content (AvgIpc) is 2.55. The number of halogens is 1. The Labute approximate surface area is 135 Å². The fourth-order valence-electron chi connectivity index (χ4n) is 1.87. The van der Waals surface area contributed by atoms with Crippen molar-refractivity contribution in [1.82, 2.24) is 5.48 Å². The number of hydrogen-bond acceptors (Lipinski definition) is 4. The highest BCUT2D eigenvalue weighted by Crippen LogP contribution is 2.11. The lowest BCUT2D eigenvalue weighted by molar-refractivity contribution is 0.163. The molecule has 0 bridgehead atoms. The van der Waals surface area contributed by atoms with E-state index in [2.05, 4.69) is 22.6 Å². The minimum Gasteiger partial charge on any atom is -0.380 e. The summed E-state index contributed by atoms with van der Waals surface area (Å²) in [7, 11) is 0. The number of benzene rings is 2. The van der Waals surface area contributed by atoms with Crippen LogP contribution in [0.3, 0.4) is 0 Å². The van der Waals surface area contributed by atoms with Crippen molar-refractivity contribution in [3.05, 3.63) is 64.7 Å². The Kier molecular flexibility index (Phi) is 6.26. The Morgan fingerprint density at radius 1 is 1.00 bits per heavy atom. The largest absolute Gasteiger partial charge is 0.380 e. The van der Waals surface area contributed by atoms with Crippen LogP contribution in [0, 0.1) is 11.8 Å². The van der Waals surface area contributed by atoms with Crippen LogP contribution in [-0.4, -0.2) is 24.3 Å². The number of nitrogens with one attached hydrogen (secondary N) is 2. The number of nitrogens with two attached hydrogens (primary N) is 1. The Balaban J connectivity index is 2.01. The molecule has 0 amide bonds. The minimum absolute atomic E-state index is 0.0315. The zero-order valence-corrected chi connectivity index (χ0v) is 12.8. The summed E-state index contributed by atoms with van der Waals surface area (Å²) >= 11 is 5.84. The third-order valence-electron chi connectivity index (χ3n) is 3.07. The zero-order chi connectivity index (χ0) is 15.8. The third kappa shape index (κ3) is 5.06. The van der Waals surface area contributed by atoms with Gasteiger partial charge in [-0.3, -0.25) is 0 Å². The summed E-state index contributed by atoms with van der Waals surface area (Å²) in [4.78, 5) is 0. The molecule has 5 heteroatoms. The average molecular weight is 316 g/mol. The normalized spacial score (nSPS) is 11.4. The number of rotatable bonds is 5. The summed E-state index contributed by atoms with van der Waals surface area (Å²) in [5, 5.41) is 12.6. The lowest BCUT2D eigenvalue weighted by Gasteiger charge is -2.16. The summed E-state index contributed by atoms with van der Waals surface area (Å²) in [5.41, 5.74) is 10.5. The highest BCUT2D eigenvalue weighted by atomic mass is 35.5. The van der Waals surface area contributed by atoms with E-state index >= 15 is 0 Å². The van der Waals surface area contributed by atoms with Gasteiger partial charge >= 0.3 is 0 Å². The number of anilines is 1. The Morgan fingerprint density at radius 2 is 1.55 bits per heavy atom. The smallest absolute Gasteiger partial charge is 0.0531 e. The quantitative estimate of drug-likeness (QED) is 0.505. The zero-order valence-electron chi connectivity index (χ0n) is 12.0. The molecule has 1 atom stereocenters. The van der Waals surface area contributed by atoms with Crippen molar-refractivity contribution in [2.75, 3.05) is 18.4 Å². The standard InChI is InChI=1S/C17H18ClN3O/c18-15-7-3-13(4-8-15)1-2-14-5-9-16(10-6-14)21-17(11-19)12-20-22/h3-10,17,20-22H,11-12,19H2. The van der Waals surface area contributed by atoms with Gasteiger partial charge in [0.15, 0.2) is 0 Å². The SMILES string of the molecule is NCC(CNO)Nc1ccc(C#Cc2ccc(Cl)cc2)cc1. The molecule has 2 rings (SSSR count). The molecule has 1 unspecified atom stereocenters. The van der Waals surface area contributed by atoms with Gasteiger partial charge in [-0.15, -0.1) is 0 Å². The van der Waals surface area contributed by atoms with Crippen LogP contribution in [0.4, 0.5) is 5.69 Å². The Morgan fingerprint density at radius 3 is 2.05 bits per heavy atom. The molecule has 22 heavy (non-hydrogen) atoms. The van der Waals surface area contributed by atoms with Crippen LogP contribution in [0.5, 0.6) is 0 Å². The first-order chi connectivity index (χ1) is 10.7. The van der Waals surface area contributed by atoms with Crippen LogP contribution < -0.4 is 16.5 Å². The molecule has 2 aromatic carbocycles. The topological polar surface area (TPSA) is 70.3 Å². The molecule has 0 aliphatic heterocycles. The van der Waals surface area contributed by atoms with Crippen LogP contribution in [0.25, 0.3) is 0 Å². The second kappa shape index (κ2) is 8.42. The van der Waals surface area contributed by atoms with Gasteiger partial charge in [0.2, 0.25) is 0 Å². The van der Waals surface area contributed by atoms with E-state index in [0.29, 0.717) is 18.1 Å². The maximum absolute atomic E-state index is 8.71. The minimum atomic E-state index is -0.0315. The molecule has 4 nitrogen and oxygen atoms in total. The second-order valence-corrected chi connectivity index (χ2v) is 5.21. The molecule has 2 aromatic rings. The highest BCUT2D eigenvalue weighted by Gasteiger charge is 2.04. The molecule has 0 fully saturated rings. The van der Waals surface area contributed by atoms with Gasteiger partial charge in [-0.2, -0.15) is 0 Å². The molecule has 114 valence electrons. The summed E-state index contributed by atoms with van der Waals surface area (Å²) < 4.78 is 0. The fraction of sp³-hybridized carbons (Fsp3) is 0.176. The summed E-state index contributed by atoms with van der Waals surface area (Å²) in [5.74, 6) is 6.19. The third-order valence-corrected chi connectivity index (χ3v) is 3.33. The highest BCUT2D eigenvalue weighted by molar-refractivity contribution is 6.30. The first kappa shape index (κ1) is 16.3. The second-order valence-electron chi connectivity index (χ2n) is 4.77. The van der Waals surface area contributed by atoms with Crippen LogP contribution in [0.15, 0.2) is 48.5 Å². The van der Waals surface area contributed by atoms with E-state index in [1.165, 1.54) is 0 Å². The molecule has 5 N–H and O–H groups in total. The molecule has 0 heterocycles. The van der Waals surface area contributed by atoms with Gasteiger partial charge in [-0.05, 0) is 48.5 Å². The number of hydroxylamine groups is 1. The first-order valence-electron chi connectivity index (χ1n) is 6.92. The molecular formula is C17H18ClN3O. The molecule has 0 spiro atoms. The van der Waals surface area contributed by atoms with E-state index in [4.69, 9.17) is 22.5 Å². The summed E-state index contributed by atoms with van der Waals surface area (Å²) in [6.07, 6.45) is 0. The van der Waals surface area contributed by atoms with Gasteiger partial charge in [0.25, 0.3) is 0 Å². The van der Waals surface area contributed by atoms with E-state index in [0.717, 1.165) is 16.8 Å². The van der Waals surface area contributed by atoms with Crippen LogP contribution in [0.2, 0.25) is 5.02 Å². The number of hydrogen-bond donors (Lipinski definition) is 4. The molecule has 0 saturated carbocycles. The van der Waals surface area contributed by atoms with Crippen molar-refractivity contribution in [1.29, 1.82) is 0 Å². The summed E-state index contributed by atoms with van der Waals surface area (Å²) in [6.45, 7) is 0.806. The maximum atomic E-state index is 8.71. The fourth-order valence-corrected chi connectivity index (χ4v) is 1.99. The van der Waals surface area contributed by atoms with Crippen LogP contribution >= 0.6 is 11.6 Å². The van der Waals surface area contributed by atoms with Gasteiger partial charge in [0, 0.05) is 34.9 Å². The molecule has 0 aliphatic carbocycles. The predicted octanol–water partition coefficient (Wildman–Crippen LogP) is 2.46. The van der Waals surface area contributed by atoms with Crippen molar-refractivity contribution in [3.8, 4) is 11.8 Å². The van der Waals surface area contributed by atoms with E-state index in [1.807, 2.05) is 48.5 Å². The molecule has 0 aliphatic rings. The van der Waals surface area contributed by atoms with Crippen molar-refractivity contribution >= 4 is 17.3 Å². The van der Waals surface area contributed by atoms with Gasteiger partial charge in [0.05, 0.1) is 6.04 Å². The van der Waals surface area contributed by atoms with Gasteiger partial charge in [-0.25, -0.2) is 5.48 Å². The Hall–Kier alpha value is -2.03. The predicted molar refractivity (Wildman–Crippen MR) is 90.1 cm³/mol. The van der Waals surface area contributed by atoms with Crippen molar-refractivity contribution in [2.45, 2.75) is 6.04 Å². The summed E-state index contributed by atoms with van der Waals surface area (Å²) in [6, 6.07) is 15.1. The molecular weight excluding hydrogens is 298 g/mol. The molecule has 0 radical (unpaired) electrons. The van der Waals surface area contributed by atoms with E-state index in [9.17, 15) is 0 Å². The molecule has 0 aromatic heterocycles. The Bertz CT molecular complexity index is 644. The van der Waals surface area contributed by atoms with E-state index in [-0.39, 0.29) is 6.04 Å². The van der Waals surface area contributed by atoms with Crippen molar-refractivity contribution in [3.63, 3.8) is 0 Å². The maximum Gasteiger partial charge on any atom is 0.0531 e. The van der Waals surface area contributed by atoms with Crippen molar-refractivity contribution < 1.29 is 5.21 Å². The van der Waals surface area contributed by atoms with E-state index in [1.54, 1.807) is 0 Å². The van der Waals surface area contributed by atoms with Gasteiger partial charge < -0.3 is 16.3 Å². The monoisotopic (exact) mass is 315 g/mol. The lowest BCUT2D eigenvalue weighted by Crippen LogP contribution is -2.37. The lowest BCUT2D eigenvalue weighted by atomic mass is 10.1. The van der Waals surface area contributed by atoms with Crippen LogP contribution in [0.1, 0.15) is 11.1 Å². The van der Waals surface area contributed by atoms with Crippen LogP contribution in [-0.2, 0) is 0 Å².